The first kappa shape index (κ1) is 17.0. The third kappa shape index (κ3) is 2.80. The van der Waals surface area contributed by atoms with Gasteiger partial charge >= 0.3 is 0 Å². The number of nitrogens with zero attached hydrogens (tertiary/aromatic N) is 2. The number of carbonyl (C=O) groups is 1. The lowest BCUT2D eigenvalue weighted by molar-refractivity contribution is -0.114. The van der Waals surface area contributed by atoms with Gasteiger partial charge < -0.3 is 9.80 Å². The van der Waals surface area contributed by atoms with Crippen LogP contribution in [0.2, 0.25) is 0 Å². The average Bonchev–Trinajstić information content (AvgIpc) is 3.14. The number of carbonyl (C=O) groups excluding carboxylic acids is 1. The fourth-order valence-electron chi connectivity index (χ4n) is 4.64. The van der Waals surface area contributed by atoms with Crippen molar-refractivity contribution in [3.8, 4) is 0 Å². The van der Waals surface area contributed by atoms with Crippen molar-refractivity contribution in [2.45, 2.75) is 38.6 Å². The number of Topliss-reactive ketones (excluding diaryl/α,β-unsaturated/α-hetero) is 1. The molecule has 2 atom stereocenters. The van der Waals surface area contributed by atoms with Gasteiger partial charge in [0.2, 0.25) is 0 Å². The number of benzene rings is 1. The minimum absolute atomic E-state index is 0.322. The van der Waals surface area contributed by atoms with E-state index < -0.39 is 0 Å². The number of fused-ring (bicyclic) bond motifs is 4. The van der Waals surface area contributed by atoms with Crippen LogP contribution in [0.25, 0.3) is 0 Å². The quantitative estimate of drug-likeness (QED) is 0.736. The second-order valence-electron chi connectivity index (χ2n) is 7.11. The van der Waals surface area contributed by atoms with Crippen molar-refractivity contribution in [2.75, 3.05) is 31.1 Å². The normalized spacial score (nSPS) is 24.2. The Hall–Kier alpha value is -1.39. The molecule has 132 valence electrons. The highest BCUT2D eigenvalue weighted by Gasteiger charge is 2.43. The van der Waals surface area contributed by atoms with E-state index in [1.807, 2.05) is 0 Å². The molecule has 0 saturated heterocycles. The third-order valence-corrected chi connectivity index (χ3v) is 6.48. The van der Waals surface area contributed by atoms with E-state index in [2.05, 4.69) is 69.9 Å². The van der Waals surface area contributed by atoms with Crippen LogP contribution in [0, 0.1) is 0 Å². The molecule has 1 heterocycles. The van der Waals surface area contributed by atoms with Gasteiger partial charge in [0.05, 0.1) is 6.04 Å². The van der Waals surface area contributed by atoms with Gasteiger partial charge in [0.25, 0.3) is 0 Å². The number of hydrogen-bond donors (Lipinski definition) is 0. The van der Waals surface area contributed by atoms with Crippen LogP contribution in [-0.4, -0.2) is 42.9 Å². The predicted molar refractivity (Wildman–Crippen MR) is 106 cm³/mol. The molecule has 0 aromatic heterocycles. The lowest BCUT2D eigenvalue weighted by atomic mass is 9.82. The Morgan fingerprint density at radius 3 is 2.80 bits per heavy atom. The van der Waals surface area contributed by atoms with Gasteiger partial charge in [0, 0.05) is 41.2 Å². The zero-order valence-electron chi connectivity index (χ0n) is 15.0. The second kappa shape index (κ2) is 6.73. The SMILES string of the molecule is CCN(CC)CCN1c2ccc(Br)cc2C2C3=C(C=CC21)C(=O)CC3. The van der Waals surface area contributed by atoms with Crippen LogP contribution >= 0.6 is 15.9 Å². The topological polar surface area (TPSA) is 23.6 Å². The van der Waals surface area contributed by atoms with E-state index in [1.54, 1.807) is 0 Å². The summed E-state index contributed by atoms with van der Waals surface area (Å²) >= 11 is 3.64. The number of anilines is 1. The molecule has 0 spiro atoms. The van der Waals surface area contributed by atoms with E-state index in [1.165, 1.54) is 16.8 Å². The third-order valence-electron chi connectivity index (χ3n) is 5.99. The molecule has 1 aromatic carbocycles. The van der Waals surface area contributed by atoms with Crippen LogP contribution in [-0.2, 0) is 4.79 Å². The Morgan fingerprint density at radius 2 is 2.04 bits per heavy atom. The molecule has 4 rings (SSSR count). The number of hydrogen-bond acceptors (Lipinski definition) is 3. The maximum absolute atomic E-state index is 12.2. The summed E-state index contributed by atoms with van der Waals surface area (Å²) in [6, 6.07) is 6.99. The van der Waals surface area contributed by atoms with Crippen LogP contribution < -0.4 is 4.90 Å². The Morgan fingerprint density at radius 1 is 1.24 bits per heavy atom. The number of ketones is 1. The zero-order chi connectivity index (χ0) is 17.6. The maximum atomic E-state index is 12.2. The van der Waals surface area contributed by atoms with Gasteiger partial charge in [-0.05, 0) is 48.8 Å². The van der Waals surface area contributed by atoms with E-state index in [9.17, 15) is 4.79 Å². The van der Waals surface area contributed by atoms with Crippen molar-refractivity contribution < 1.29 is 4.79 Å². The molecule has 0 bridgehead atoms. The van der Waals surface area contributed by atoms with Crippen LogP contribution in [0.4, 0.5) is 5.69 Å². The zero-order valence-corrected chi connectivity index (χ0v) is 16.6. The molecule has 0 amide bonds. The minimum atomic E-state index is 0.322. The minimum Gasteiger partial charge on any atom is -0.363 e. The van der Waals surface area contributed by atoms with Gasteiger partial charge in [-0.15, -0.1) is 0 Å². The molecule has 1 aromatic rings. The molecular formula is C21H25BrN2O. The average molecular weight is 401 g/mol. The highest BCUT2D eigenvalue weighted by Crippen LogP contribution is 2.51. The molecule has 0 fully saturated rings. The summed E-state index contributed by atoms with van der Waals surface area (Å²) in [7, 11) is 0. The summed E-state index contributed by atoms with van der Waals surface area (Å²) in [5, 5.41) is 0. The van der Waals surface area contributed by atoms with Gasteiger partial charge in [-0.25, -0.2) is 0 Å². The predicted octanol–water partition coefficient (Wildman–Crippen LogP) is 4.29. The highest BCUT2D eigenvalue weighted by molar-refractivity contribution is 9.10. The van der Waals surface area contributed by atoms with Crippen molar-refractivity contribution in [3.05, 3.63) is 51.5 Å². The molecular weight excluding hydrogens is 376 g/mol. The monoisotopic (exact) mass is 400 g/mol. The molecule has 0 N–H and O–H groups in total. The molecule has 0 saturated carbocycles. The van der Waals surface area contributed by atoms with Crippen LogP contribution in [0.5, 0.6) is 0 Å². The number of allylic oxidation sites excluding steroid dienone is 2. The summed E-state index contributed by atoms with van der Waals surface area (Å²) in [5.74, 6) is 0.665. The molecule has 3 nitrogen and oxygen atoms in total. The van der Waals surface area contributed by atoms with Crippen molar-refractivity contribution in [1.29, 1.82) is 0 Å². The van der Waals surface area contributed by atoms with E-state index in [0.717, 1.165) is 42.6 Å². The molecule has 4 heteroatoms. The summed E-state index contributed by atoms with van der Waals surface area (Å²) < 4.78 is 1.12. The van der Waals surface area contributed by atoms with Crippen LogP contribution in [0.1, 0.15) is 38.2 Å². The Balaban J connectivity index is 1.70. The van der Waals surface area contributed by atoms with Crippen molar-refractivity contribution in [2.24, 2.45) is 0 Å². The van der Waals surface area contributed by atoms with Gasteiger partial charge in [-0.1, -0.05) is 41.9 Å². The largest absolute Gasteiger partial charge is 0.363 e. The second-order valence-corrected chi connectivity index (χ2v) is 8.03. The summed E-state index contributed by atoms with van der Waals surface area (Å²) in [5.41, 5.74) is 5.06. The lowest BCUT2D eigenvalue weighted by Gasteiger charge is -2.32. The van der Waals surface area contributed by atoms with E-state index in [0.29, 0.717) is 24.2 Å². The fraction of sp³-hybridized carbons (Fsp3) is 0.476. The summed E-state index contributed by atoms with van der Waals surface area (Å²) in [4.78, 5) is 17.2. The standard InChI is InChI=1S/C21H25BrN2O/c1-3-23(4-2)11-12-24-18-8-5-14(22)13-17(18)21-16-7-10-20(25)15(16)6-9-19(21)24/h5-6,8-9,13,19,21H,3-4,7,10-12H2,1-2H3. The highest BCUT2D eigenvalue weighted by atomic mass is 79.9. The van der Waals surface area contributed by atoms with Crippen molar-refractivity contribution in [3.63, 3.8) is 0 Å². The fourth-order valence-corrected chi connectivity index (χ4v) is 5.02. The van der Waals surface area contributed by atoms with Gasteiger partial charge in [-0.2, -0.15) is 0 Å². The summed E-state index contributed by atoms with van der Waals surface area (Å²) in [6.45, 7) is 8.73. The molecule has 0 radical (unpaired) electrons. The number of rotatable bonds is 5. The first-order chi connectivity index (χ1) is 12.1. The number of likely N-dealkylation sites (N-methyl/N-ethyl adjacent to an activating group) is 1. The lowest BCUT2D eigenvalue weighted by Crippen LogP contribution is -2.40. The Bertz CT molecular complexity index is 763. The van der Waals surface area contributed by atoms with Crippen molar-refractivity contribution >= 4 is 27.4 Å². The van der Waals surface area contributed by atoms with Gasteiger partial charge in [-0.3, -0.25) is 4.79 Å². The first-order valence-corrected chi connectivity index (χ1v) is 10.2. The van der Waals surface area contributed by atoms with Crippen LogP contribution in [0.3, 0.4) is 0 Å². The first-order valence-electron chi connectivity index (χ1n) is 9.37. The smallest absolute Gasteiger partial charge is 0.163 e. The molecule has 3 aliphatic rings. The summed E-state index contributed by atoms with van der Waals surface area (Å²) in [6.07, 6.45) is 5.97. The maximum Gasteiger partial charge on any atom is 0.163 e. The molecule has 2 unspecified atom stereocenters. The van der Waals surface area contributed by atoms with Crippen molar-refractivity contribution in [1.82, 2.24) is 4.90 Å². The van der Waals surface area contributed by atoms with Crippen LogP contribution in [0.15, 0.2) is 46.0 Å². The molecule has 1 aliphatic heterocycles. The molecule has 25 heavy (non-hydrogen) atoms. The van der Waals surface area contributed by atoms with E-state index in [4.69, 9.17) is 0 Å². The molecule has 2 aliphatic carbocycles. The van der Waals surface area contributed by atoms with E-state index >= 15 is 0 Å². The Labute approximate surface area is 158 Å². The number of halogens is 1. The van der Waals surface area contributed by atoms with E-state index in [-0.39, 0.29) is 0 Å². The van der Waals surface area contributed by atoms with Gasteiger partial charge in [0.15, 0.2) is 5.78 Å². The van der Waals surface area contributed by atoms with Gasteiger partial charge in [0.1, 0.15) is 0 Å². The Kier molecular flexibility index (Phi) is 4.59.